The maximum Gasteiger partial charge on any atom is 0.456 e. The molecule has 0 radical (unpaired) electrons. The first-order valence-electron chi connectivity index (χ1n) is 9.20. The molecule has 0 atom stereocenters. The van der Waals surface area contributed by atoms with Gasteiger partial charge in [-0.1, -0.05) is 6.07 Å². The molecule has 0 bridgehead atoms. The van der Waals surface area contributed by atoms with Crippen LogP contribution in [0.3, 0.4) is 0 Å². The van der Waals surface area contributed by atoms with Crippen LogP contribution in [0.25, 0.3) is 0 Å². The van der Waals surface area contributed by atoms with Gasteiger partial charge in [0.25, 0.3) is 5.91 Å². The van der Waals surface area contributed by atoms with E-state index in [1.807, 2.05) is 0 Å². The van der Waals surface area contributed by atoms with Crippen molar-refractivity contribution in [2.75, 3.05) is 6.61 Å². The first-order chi connectivity index (χ1) is 14.5. The van der Waals surface area contributed by atoms with Crippen molar-refractivity contribution in [3.05, 3.63) is 47.7 Å². The quantitative estimate of drug-likeness (QED) is 0.598. The van der Waals surface area contributed by atoms with Gasteiger partial charge in [-0.25, -0.2) is 15.0 Å². The third kappa shape index (κ3) is 6.15. The van der Waals surface area contributed by atoms with E-state index >= 15 is 0 Å². The Bertz CT molecular complexity index is 946. The van der Waals surface area contributed by atoms with Gasteiger partial charge in [-0.15, -0.1) is 0 Å². The average molecular weight is 444 g/mol. The maximum atomic E-state index is 12.9. The zero-order valence-corrected chi connectivity index (χ0v) is 16.0. The van der Waals surface area contributed by atoms with Crippen LogP contribution in [-0.2, 0) is 17.8 Å². The molecule has 1 fully saturated rings. The molecule has 3 rings (SSSR count). The maximum absolute atomic E-state index is 12.9. The summed E-state index contributed by atoms with van der Waals surface area (Å²) in [5, 5.41) is 2.56. The summed E-state index contributed by atoms with van der Waals surface area (Å²) in [5.41, 5.74) is 0.511. The zero-order valence-electron chi connectivity index (χ0n) is 16.0. The highest BCUT2D eigenvalue weighted by Crippen LogP contribution is 2.35. The number of carbonyl (C=O) groups excluding carboxylic acids is 2. The molecular formula is C19H17F5N4O3. The molecule has 12 heteroatoms. The topological polar surface area (TPSA) is 94.1 Å². The molecular weight excluding hydrogens is 427 g/mol. The predicted molar refractivity (Wildman–Crippen MR) is 95.4 cm³/mol. The van der Waals surface area contributed by atoms with Crippen molar-refractivity contribution < 1.29 is 36.3 Å². The number of pyridine rings is 1. The van der Waals surface area contributed by atoms with Crippen molar-refractivity contribution in [3.63, 3.8) is 0 Å². The fourth-order valence-electron chi connectivity index (χ4n) is 2.44. The van der Waals surface area contributed by atoms with Crippen LogP contribution in [0.1, 0.15) is 34.7 Å². The summed E-state index contributed by atoms with van der Waals surface area (Å²) >= 11 is 0. The van der Waals surface area contributed by atoms with Crippen LogP contribution in [0, 0.1) is 5.92 Å². The van der Waals surface area contributed by atoms with Crippen molar-refractivity contribution in [2.45, 2.75) is 37.9 Å². The van der Waals surface area contributed by atoms with Crippen LogP contribution in [0.15, 0.2) is 30.6 Å². The Kier molecular flexibility index (Phi) is 6.46. The monoisotopic (exact) mass is 444 g/mol. The molecule has 31 heavy (non-hydrogen) atoms. The number of carbonyl (C=O) groups is 2. The van der Waals surface area contributed by atoms with E-state index in [0.29, 0.717) is 5.56 Å². The summed E-state index contributed by atoms with van der Waals surface area (Å²) in [4.78, 5) is 35.8. The highest BCUT2D eigenvalue weighted by atomic mass is 19.4. The first kappa shape index (κ1) is 22.5. The highest BCUT2D eigenvalue weighted by Gasteiger charge is 2.58. The van der Waals surface area contributed by atoms with E-state index < -0.39 is 30.5 Å². The average Bonchev–Trinajstić information content (AvgIpc) is 3.56. The van der Waals surface area contributed by atoms with E-state index in [4.69, 9.17) is 0 Å². The molecule has 1 N–H and O–H groups in total. The smallest absolute Gasteiger partial charge is 0.456 e. The number of alkyl halides is 5. The van der Waals surface area contributed by atoms with Crippen molar-refractivity contribution >= 4 is 11.7 Å². The van der Waals surface area contributed by atoms with Crippen LogP contribution in [0.5, 0.6) is 5.88 Å². The fraction of sp³-hybridized carbons (Fsp3) is 0.421. The van der Waals surface area contributed by atoms with Crippen LogP contribution in [0.2, 0.25) is 0 Å². The van der Waals surface area contributed by atoms with Crippen LogP contribution in [-0.4, -0.2) is 45.3 Å². The summed E-state index contributed by atoms with van der Waals surface area (Å²) in [6, 6.07) is 3.85. The molecule has 1 aliphatic rings. The van der Waals surface area contributed by atoms with E-state index in [9.17, 15) is 31.5 Å². The van der Waals surface area contributed by atoms with Gasteiger partial charge in [-0.05, 0) is 24.5 Å². The lowest BCUT2D eigenvalue weighted by Crippen LogP contribution is -2.41. The van der Waals surface area contributed by atoms with E-state index in [1.54, 1.807) is 0 Å². The predicted octanol–water partition coefficient (Wildman–Crippen LogP) is 2.90. The minimum Gasteiger partial charge on any atom is -0.471 e. The Morgan fingerprint density at radius 2 is 1.84 bits per heavy atom. The van der Waals surface area contributed by atoms with Gasteiger partial charge in [0, 0.05) is 30.9 Å². The molecule has 2 aromatic heterocycles. The molecule has 1 aliphatic carbocycles. The molecule has 2 aromatic rings. The number of amides is 1. The van der Waals surface area contributed by atoms with E-state index in [2.05, 4.69) is 25.0 Å². The van der Waals surface area contributed by atoms with Gasteiger partial charge in [0.05, 0.1) is 6.42 Å². The number of hydrogen-bond donors (Lipinski definition) is 1. The van der Waals surface area contributed by atoms with Crippen LogP contribution in [0.4, 0.5) is 22.0 Å². The second-order valence-electron chi connectivity index (χ2n) is 6.95. The Hall–Kier alpha value is -3.18. The van der Waals surface area contributed by atoms with Crippen molar-refractivity contribution in [2.24, 2.45) is 5.92 Å². The van der Waals surface area contributed by atoms with E-state index in [1.165, 1.54) is 24.5 Å². The Balaban J connectivity index is 1.51. The van der Waals surface area contributed by atoms with Crippen LogP contribution >= 0.6 is 0 Å². The molecule has 0 aromatic carbocycles. The molecule has 0 aliphatic heterocycles. The van der Waals surface area contributed by atoms with Crippen molar-refractivity contribution in [1.82, 2.24) is 20.3 Å². The molecule has 0 saturated heterocycles. The third-order valence-electron chi connectivity index (χ3n) is 4.37. The van der Waals surface area contributed by atoms with Gasteiger partial charge in [0.15, 0.2) is 6.61 Å². The highest BCUT2D eigenvalue weighted by molar-refractivity contribution is 5.92. The number of hydrogen-bond acceptors (Lipinski definition) is 6. The summed E-state index contributed by atoms with van der Waals surface area (Å²) in [6.45, 7) is -1.90. The SMILES string of the molecule is O=C(NCc1ccc(OCC(F)(F)C(F)(F)F)nc1)c1ccnc(CC(=O)C2CC2)n1. The number of ketones is 1. The Morgan fingerprint density at radius 1 is 1.10 bits per heavy atom. The second kappa shape index (κ2) is 8.90. The Morgan fingerprint density at radius 3 is 2.45 bits per heavy atom. The van der Waals surface area contributed by atoms with Gasteiger partial charge >= 0.3 is 12.1 Å². The molecule has 1 saturated carbocycles. The molecule has 7 nitrogen and oxygen atoms in total. The fourth-order valence-corrected chi connectivity index (χ4v) is 2.44. The minimum atomic E-state index is -5.72. The summed E-state index contributed by atoms with van der Waals surface area (Å²) in [7, 11) is 0. The van der Waals surface area contributed by atoms with Gasteiger partial charge < -0.3 is 10.1 Å². The molecule has 0 unspecified atom stereocenters. The van der Waals surface area contributed by atoms with Gasteiger partial charge in [-0.3, -0.25) is 9.59 Å². The minimum absolute atomic E-state index is 0.00876. The number of Topliss-reactive ketones (excluding diaryl/α,β-unsaturated/α-hetero) is 1. The van der Waals surface area contributed by atoms with Crippen molar-refractivity contribution in [3.8, 4) is 5.88 Å². The number of halogens is 5. The van der Waals surface area contributed by atoms with E-state index in [0.717, 1.165) is 18.9 Å². The normalized spacial score (nSPS) is 14.2. The molecule has 166 valence electrons. The molecule has 2 heterocycles. The molecule has 1 amide bonds. The standard InChI is InChI=1S/C19H17F5N4O3/c20-18(21,19(22,23)24)10-31-16-4-1-11(8-26-16)9-27-17(30)13-5-6-25-15(28-13)7-14(29)12-2-3-12/h1,4-6,8,12H,2-3,7,9-10H2,(H,27,30). The summed E-state index contributed by atoms with van der Waals surface area (Å²) in [6.07, 6.45) is -1.39. The molecule has 0 spiro atoms. The number of ether oxygens (including phenoxy) is 1. The largest absolute Gasteiger partial charge is 0.471 e. The lowest BCUT2D eigenvalue weighted by atomic mass is 10.2. The van der Waals surface area contributed by atoms with Crippen molar-refractivity contribution in [1.29, 1.82) is 0 Å². The van der Waals surface area contributed by atoms with Gasteiger partial charge in [0.1, 0.15) is 17.3 Å². The number of aromatic nitrogens is 3. The first-order valence-corrected chi connectivity index (χ1v) is 9.20. The summed E-state index contributed by atoms with van der Waals surface area (Å²) < 4.78 is 66.5. The lowest BCUT2D eigenvalue weighted by molar-refractivity contribution is -0.290. The summed E-state index contributed by atoms with van der Waals surface area (Å²) in [5.74, 6) is -5.60. The van der Waals surface area contributed by atoms with Gasteiger partial charge in [0.2, 0.25) is 5.88 Å². The Labute approximate surface area is 173 Å². The van der Waals surface area contributed by atoms with Gasteiger partial charge in [-0.2, -0.15) is 22.0 Å². The number of nitrogens with zero attached hydrogens (tertiary/aromatic N) is 3. The van der Waals surface area contributed by atoms with Crippen LogP contribution < -0.4 is 10.1 Å². The zero-order chi connectivity index (χ0) is 22.6. The third-order valence-corrected chi connectivity index (χ3v) is 4.37. The number of nitrogens with one attached hydrogen (secondary N) is 1. The number of rotatable bonds is 9. The van der Waals surface area contributed by atoms with E-state index in [-0.39, 0.29) is 36.2 Å². The second-order valence-corrected chi connectivity index (χ2v) is 6.95. The lowest BCUT2D eigenvalue weighted by Gasteiger charge is -2.19.